The molecule has 0 spiro atoms. The average molecular weight is 342 g/mol. The molecule has 130 valence electrons. The van der Waals surface area contributed by atoms with Crippen LogP contribution in [0.4, 0.5) is 10.1 Å². The van der Waals surface area contributed by atoms with Crippen LogP contribution < -0.4 is 10.9 Å². The Labute approximate surface area is 144 Å². The number of nitrogens with one attached hydrogen (secondary N) is 2. The first-order valence-corrected chi connectivity index (χ1v) is 7.64. The molecule has 0 bridgehead atoms. The monoisotopic (exact) mass is 342 g/mol. The fourth-order valence-electron chi connectivity index (χ4n) is 3.33. The number of hydrogen-bond acceptors (Lipinski definition) is 5. The fourth-order valence-corrected chi connectivity index (χ4v) is 3.33. The van der Waals surface area contributed by atoms with E-state index >= 15 is 0 Å². The molecule has 0 fully saturated rings. The summed E-state index contributed by atoms with van der Waals surface area (Å²) in [6, 6.07) is 2.21. The summed E-state index contributed by atoms with van der Waals surface area (Å²) in [6.07, 6.45) is 3.08. The lowest BCUT2D eigenvalue weighted by Crippen LogP contribution is -2.36. The van der Waals surface area contributed by atoms with Crippen molar-refractivity contribution in [3.8, 4) is 0 Å². The highest BCUT2D eigenvalue weighted by molar-refractivity contribution is 5.97. The van der Waals surface area contributed by atoms with Crippen molar-refractivity contribution in [3.05, 3.63) is 71.0 Å². The molecule has 0 unspecified atom stereocenters. The van der Waals surface area contributed by atoms with Gasteiger partial charge in [-0.3, -0.25) is 9.48 Å². The summed E-state index contributed by atoms with van der Waals surface area (Å²) in [4.78, 5) is 16.5. The topological polar surface area (TPSA) is 88.5 Å². The molecule has 4 rings (SSSR count). The van der Waals surface area contributed by atoms with E-state index in [-0.39, 0.29) is 20.2 Å². The highest BCUT2D eigenvalue weighted by atomic mass is 19.1. The van der Waals surface area contributed by atoms with E-state index in [1.54, 1.807) is 17.8 Å². The van der Waals surface area contributed by atoms with Crippen LogP contribution in [0.2, 0.25) is 0 Å². The molecule has 7 nitrogen and oxygen atoms in total. The summed E-state index contributed by atoms with van der Waals surface area (Å²) in [7, 11) is 1.78. The number of aryl methyl sites for hydroxylation is 1. The maximum atomic E-state index is 14.0. The highest BCUT2D eigenvalue weighted by Gasteiger charge is 2.37. The molecule has 0 radical (unpaired) electrons. The molecule has 1 aliphatic rings. The Morgan fingerprint density at radius 1 is 1.48 bits per heavy atom. The first-order chi connectivity index (χ1) is 12.0. The first kappa shape index (κ1) is 15.3. The predicted molar refractivity (Wildman–Crippen MR) is 96.1 cm³/mol. The van der Waals surface area contributed by atoms with Crippen LogP contribution in [0.15, 0.2) is 48.1 Å². The quantitative estimate of drug-likeness (QED) is 0.713. The number of hydrogen-bond donors (Lipinski definition) is 2. The molecule has 1 aliphatic heterocycles. The molecule has 1 aromatic carbocycles. The van der Waals surface area contributed by atoms with Crippen molar-refractivity contribution in [2.45, 2.75) is 12.0 Å². The number of H-pyrrole nitrogens is 1. The Hall–Kier alpha value is -3.29. The van der Waals surface area contributed by atoms with E-state index in [1.165, 1.54) is 18.5 Å². The van der Waals surface area contributed by atoms with E-state index < -0.39 is 11.4 Å². The average Bonchev–Trinajstić information content (AvgIpc) is 3.02. The second-order valence-electron chi connectivity index (χ2n) is 5.93. The van der Waals surface area contributed by atoms with Crippen LogP contribution in [-0.4, -0.2) is 31.0 Å². The Kier molecular flexibility index (Phi) is 3.28. The van der Waals surface area contributed by atoms with Crippen LogP contribution in [0, 0.1) is 5.82 Å². The molecule has 0 aliphatic carbocycles. The molecule has 25 heavy (non-hydrogen) atoms. The van der Waals surface area contributed by atoms with E-state index in [0.29, 0.717) is 28.2 Å². The SMILES string of the molecule is C=CC(=C)[C@@H]1Nc2cc(F)cc3c(=O)[nH]nc(c23)[C@H]1c1ncnn1C.[HH].[HH]. The molecular formula is C17H19FN6O. The number of rotatable bonds is 3. The summed E-state index contributed by atoms with van der Waals surface area (Å²) in [5.41, 5.74) is 1.34. The molecule has 8 heteroatoms. The number of aromatic nitrogens is 5. The molecule has 2 atom stereocenters. The lowest BCUT2D eigenvalue weighted by Gasteiger charge is -2.33. The van der Waals surface area contributed by atoms with Crippen molar-refractivity contribution in [1.29, 1.82) is 0 Å². The van der Waals surface area contributed by atoms with Crippen molar-refractivity contribution < 1.29 is 7.24 Å². The number of halogens is 1. The van der Waals surface area contributed by atoms with E-state index in [1.807, 2.05) is 0 Å². The predicted octanol–water partition coefficient (Wildman–Crippen LogP) is 2.35. The third kappa shape index (κ3) is 2.18. The zero-order chi connectivity index (χ0) is 17.7. The van der Waals surface area contributed by atoms with Gasteiger partial charge in [0.25, 0.3) is 5.56 Å². The largest absolute Gasteiger partial charge is 0.376 e. The molecule has 0 saturated carbocycles. The minimum absolute atomic E-state index is 0. The summed E-state index contributed by atoms with van der Waals surface area (Å²) < 4.78 is 15.6. The third-order valence-corrected chi connectivity index (χ3v) is 4.51. The smallest absolute Gasteiger partial charge is 0.272 e. The molecule has 2 N–H and O–H groups in total. The van der Waals surface area contributed by atoms with Crippen LogP contribution in [0.25, 0.3) is 10.8 Å². The molecule has 0 saturated heterocycles. The zero-order valence-electron chi connectivity index (χ0n) is 13.5. The van der Waals surface area contributed by atoms with Gasteiger partial charge in [0.05, 0.1) is 23.0 Å². The lowest BCUT2D eigenvalue weighted by atomic mass is 9.84. The van der Waals surface area contributed by atoms with Crippen LogP contribution in [-0.2, 0) is 7.05 Å². The Balaban J connectivity index is 0.00000131. The van der Waals surface area contributed by atoms with Crippen LogP contribution in [0.5, 0.6) is 0 Å². The van der Waals surface area contributed by atoms with E-state index in [9.17, 15) is 9.18 Å². The molecule has 3 heterocycles. The second-order valence-corrected chi connectivity index (χ2v) is 5.93. The van der Waals surface area contributed by atoms with Gasteiger partial charge >= 0.3 is 0 Å². The highest BCUT2D eigenvalue weighted by Crippen LogP contribution is 2.41. The van der Waals surface area contributed by atoms with Gasteiger partial charge in [0.2, 0.25) is 0 Å². The normalized spacial score (nSPS) is 18.8. The summed E-state index contributed by atoms with van der Waals surface area (Å²) >= 11 is 0. The first-order valence-electron chi connectivity index (χ1n) is 7.64. The van der Waals surface area contributed by atoms with Gasteiger partial charge in [-0.05, 0) is 17.7 Å². The third-order valence-electron chi connectivity index (χ3n) is 4.51. The van der Waals surface area contributed by atoms with Crippen molar-refractivity contribution in [2.24, 2.45) is 7.05 Å². The van der Waals surface area contributed by atoms with Crippen molar-refractivity contribution in [2.75, 3.05) is 5.32 Å². The molecule has 2 aromatic heterocycles. The van der Waals surface area contributed by atoms with Crippen molar-refractivity contribution in [3.63, 3.8) is 0 Å². The number of anilines is 1. The fraction of sp³-hybridized carbons (Fsp3) is 0.176. The van der Waals surface area contributed by atoms with Crippen LogP contribution in [0.3, 0.4) is 0 Å². The number of nitrogens with zero attached hydrogens (tertiary/aromatic N) is 4. The van der Waals surface area contributed by atoms with Gasteiger partial charge in [0.15, 0.2) is 0 Å². The number of aromatic amines is 1. The molecule has 0 amide bonds. The van der Waals surface area contributed by atoms with E-state index in [4.69, 9.17) is 0 Å². The van der Waals surface area contributed by atoms with Gasteiger partial charge in [-0.15, -0.1) is 0 Å². The second kappa shape index (κ2) is 5.37. The van der Waals surface area contributed by atoms with Gasteiger partial charge < -0.3 is 5.32 Å². The van der Waals surface area contributed by atoms with E-state index in [0.717, 1.165) is 0 Å². The van der Waals surface area contributed by atoms with Gasteiger partial charge in [-0.2, -0.15) is 10.2 Å². The summed E-state index contributed by atoms with van der Waals surface area (Å²) in [5, 5.41) is 14.9. The Bertz CT molecular complexity index is 1090. The lowest BCUT2D eigenvalue weighted by molar-refractivity contribution is 0.589. The van der Waals surface area contributed by atoms with Crippen LogP contribution >= 0.6 is 0 Å². The maximum absolute atomic E-state index is 14.0. The van der Waals surface area contributed by atoms with Gasteiger partial charge in [-0.1, -0.05) is 19.2 Å². The number of benzene rings is 1. The minimum Gasteiger partial charge on any atom is -0.376 e. The molecular weight excluding hydrogens is 323 g/mol. The zero-order valence-corrected chi connectivity index (χ0v) is 13.5. The van der Waals surface area contributed by atoms with Gasteiger partial charge in [0, 0.05) is 21.0 Å². The maximum Gasteiger partial charge on any atom is 0.272 e. The van der Waals surface area contributed by atoms with Crippen molar-refractivity contribution in [1.82, 2.24) is 25.0 Å². The Morgan fingerprint density at radius 2 is 2.28 bits per heavy atom. The summed E-state index contributed by atoms with van der Waals surface area (Å²) in [5.74, 6) is -0.218. The summed E-state index contributed by atoms with van der Waals surface area (Å²) in [6.45, 7) is 7.81. The van der Waals surface area contributed by atoms with Crippen LogP contribution in [0.1, 0.15) is 20.3 Å². The van der Waals surface area contributed by atoms with E-state index in [2.05, 4.69) is 38.8 Å². The van der Waals surface area contributed by atoms with Crippen molar-refractivity contribution >= 4 is 16.5 Å². The minimum atomic E-state index is -0.502. The standard InChI is InChI=1S/C17H15FN6O.2H2/c1-4-8(2)14-13(16-19-7-20-24(16)3)15-12-10(17(25)23-22-15)5-9(18)6-11(12)21-14;;/h4-7,13-14,21H,1-2H2,3H3,(H,23,25);2*1H/t13-,14-;;/m0../s1. The van der Waals surface area contributed by atoms with Gasteiger partial charge in [-0.25, -0.2) is 14.5 Å². The molecule has 3 aromatic rings. The van der Waals surface area contributed by atoms with Gasteiger partial charge in [0.1, 0.15) is 18.0 Å². The Morgan fingerprint density at radius 3 is 2.96 bits per heavy atom.